The standard InChI is InChI=1S/C18H30N4O2/c1-15-6-7-17(24-15)16(21-10-12-23-13-11-21)14-20-18(19)22-8-4-2-3-5-9-22/h6-7,16H,2-5,8-14H2,1H3,(H2,19,20). The van der Waals surface area contributed by atoms with Crippen molar-refractivity contribution in [2.75, 3.05) is 45.9 Å². The maximum atomic E-state index is 6.28. The van der Waals surface area contributed by atoms with Crippen molar-refractivity contribution in [2.24, 2.45) is 10.7 Å². The van der Waals surface area contributed by atoms with E-state index >= 15 is 0 Å². The minimum Gasteiger partial charge on any atom is -0.465 e. The second-order valence-corrected chi connectivity index (χ2v) is 6.71. The van der Waals surface area contributed by atoms with Gasteiger partial charge in [-0.15, -0.1) is 0 Å². The first-order valence-electron chi connectivity index (χ1n) is 9.17. The number of hydrogen-bond acceptors (Lipinski definition) is 4. The van der Waals surface area contributed by atoms with Gasteiger partial charge in [0.05, 0.1) is 25.8 Å². The second-order valence-electron chi connectivity index (χ2n) is 6.71. The van der Waals surface area contributed by atoms with Gasteiger partial charge in [-0.3, -0.25) is 9.89 Å². The lowest BCUT2D eigenvalue weighted by Gasteiger charge is -2.32. The SMILES string of the molecule is Cc1ccc(C(CN=C(N)N2CCCCCC2)N2CCOCC2)o1. The maximum Gasteiger partial charge on any atom is 0.191 e. The molecule has 1 atom stereocenters. The van der Waals surface area contributed by atoms with Crippen LogP contribution in [0, 0.1) is 6.92 Å². The van der Waals surface area contributed by atoms with E-state index in [9.17, 15) is 0 Å². The largest absolute Gasteiger partial charge is 0.465 e. The van der Waals surface area contributed by atoms with Crippen LogP contribution in [0.3, 0.4) is 0 Å². The molecule has 0 bridgehead atoms. The summed E-state index contributed by atoms with van der Waals surface area (Å²) in [5, 5.41) is 0. The summed E-state index contributed by atoms with van der Waals surface area (Å²) in [7, 11) is 0. The van der Waals surface area contributed by atoms with Crippen LogP contribution >= 0.6 is 0 Å². The number of likely N-dealkylation sites (tertiary alicyclic amines) is 1. The van der Waals surface area contributed by atoms with Crippen molar-refractivity contribution >= 4 is 5.96 Å². The molecule has 0 spiro atoms. The number of nitrogens with zero attached hydrogens (tertiary/aromatic N) is 3. The first-order chi connectivity index (χ1) is 11.7. The minimum absolute atomic E-state index is 0.133. The van der Waals surface area contributed by atoms with Gasteiger partial charge in [0.2, 0.25) is 0 Å². The highest BCUT2D eigenvalue weighted by Gasteiger charge is 2.25. The molecule has 0 aromatic carbocycles. The van der Waals surface area contributed by atoms with Gasteiger partial charge >= 0.3 is 0 Å². The molecule has 2 saturated heterocycles. The van der Waals surface area contributed by atoms with Crippen LogP contribution in [0.4, 0.5) is 0 Å². The molecule has 0 saturated carbocycles. The van der Waals surface area contributed by atoms with Crippen LogP contribution in [-0.2, 0) is 4.74 Å². The van der Waals surface area contributed by atoms with Crippen LogP contribution < -0.4 is 5.73 Å². The molecule has 1 aromatic heterocycles. The van der Waals surface area contributed by atoms with Gasteiger partial charge in [0.15, 0.2) is 5.96 Å². The van der Waals surface area contributed by atoms with Crippen molar-refractivity contribution < 1.29 is 9.15 Å². The molecule has 2 N–H and O–H groups in total. The van der Waals surface area contributed by atoms with Gasteiger partial charge in [-0.2, -0.15) is 0 Å². The average Bonchev–Trinajstić information content (AvgIpc) is 2.87. The highest BCUT2D eigenvalue weighted by molar-refractivity contribution is 5.78. The lowest BCUT2D eigenvalue weighted by molar-refractivity contribution is 0.0135. The van der Waals surface area contributed by atoms with Crippen molar-refractivity contribution in [3.63, 3.8) is 0 Å². The van der Waals surface area contributed by atoms with E-state index in [0.717, 1.165) is 50.9 Å². The summed E-state index contributed by atoms with van der Waals surface area (Å²) in [6.45, 7) is 8.01. The maximum absolute atomic E-state index is 6.28. The smallest absolute Gasteiger partial charge is 0.191 e. The predicted molar refractivity (Wildman–Crippen MR) is 95.1 cm³/mol. The van der Waals surface area contributed by atoms with E-state index in [-0.39, 0.29) is 6.04 Å². The molecule has 3 heterocycles. The van der Waals surface area contributed by atoms with E-state index in [1.54, 1.807) is 0 Å². The predicted octanol–water partition coefficient (Wildman–Crippen LogP) is 2.15. The van der Waals surface area contributed by atoms with E-state index in [1.165, 1.54) is 25.7 Å². The molecule has 6 nitrogen and oxygen atoms in total. The summed E-state index contributed by atoms with van der Waals surface area (Å²) in [5.74, 6) is 2.59. The Kier molecular flexibility index (Phi) is 6.15. The van der Waals surface area contributed by atoms with Crippen molar-refractivity contribution in [1.29, 1.82) is 0 Å². The average molecular weight is 334 g/mol. The highest BCUT2D eigenvalue weighted by Crippen LogP contribution is 2.24. The van der Waals surface area contributed by atoms with Gasteiger partial charge in [-0.05, 0) is 31.9 Å². The molecule has 2 aliphatic heterocycles. The first-order valence-corrected chi connectivity index (χ1v) is 9.17. The van der Waals surface area contributed by atoms with Gasteiger partial charge < -0.3 is 19.8 Å². The fourth-order valence-electron chi connectivity index (χ4n) is 3.49. The van der Waals surface area contributed by atoms with Crippen molar-refractivity contribution in [1.82, 2.24) is 9.80 Å². The normalized spacial score (nSPS) is 22.4. The van der Waals surface area contributed by atoms with Gasteiger partial charge in [0, 0.05) is 26.2 Å². The van der Waals surface area contributed by atoms with E-state index in [2.05, 4.69) is 15.9 Å². The third kappa shape index (κ3) is 4.51. The molecule has 134 valence electrons. The summed E-state index contributed by atoms with van der Waals surface area (Å²) in [4.78, 5) is 9.35. The molecular formula is C18H30N4O2. The third-order valence-electron chi connectivity index (χ3n) is 4.93. The van der Waals surface area contributed by atoms with Crippen molar-refractivity contribution in [2.45, 2.75) is 38.6 Å². The number of ether oxygens (including phenoxy) is 1. The summed E-state index contributed by atoms with van der Waals surface area (Å²) in [5.41, 5.74) is 6.28. The first kappa shape index (κ1) is 17.3. The van der Waals surface area contributed by atoms with Crippen molar-refractivity contribution in [3.8, 4) is 0 Å². The molecule has 3 rings (SSSR count). The monoisotopic (exact) mass is 334 g/mol. The molecule has 0 amide bonds. The van der Waals surface area contributed by atoms with E-state index in [0.29, 0.717) is 12.5 Å². The number of hydrogen-bond donors (Lipinski definition) is 1. The summed E-state index contributed by atoms with van der Waals surface area (Å²) < 4.78 is 11.4. The topological polar surface area (TPSA) is 67.2 Å². The van der Waals surface area contributed by atoms with Crippen LogP contribution in [0.5, 0.6) is 0 Å². The minimum atomic E-state index is 0.133. The molecule has 2 fully saturated rings. The number of nitrogens with two attached hydrogens (primary N) is 1. The van der Waals surface area contributed by atoms with Gasteiger partial charge in [0.25, 0.3) is 0 Å². The molecule has 0 radical (unpaired) electrons. The second kappa shape index (κ2) is 8.53. The zero-order chi connectivity index (χ0) is 16.8. The highest BCUT2D eigenvalue weighted by atomic mass is 16.5. The summed E-state index contributed by atoms with van der Waals surface area (Å²) in [6.07, 6.45) is 5.01. The third-order valence-corrected chi connectivity index (χ3v) is 4.93. The van der Waals surface area contributed by atoms with Crippen LogP contribution in [0.2, 0.25) is 0 Å². The molecule has 24 heavy (non-hydrogen) atoms. The number of rotatable bonds is 4. The van der Waals surface area contributed by atoms with Gasteiger partial charge in [-0.1, -0.05) is 12.8 Å². The zero-order valence-electron chi connectivity index (χ0n) is 14.7. The quantitative estimate of drug-likeness (QED) is 0.675. The molecule has 1 unspecified atom stereocenters. The zero-order valence-corrected chi connectivity index (χ0v) is 14.7. The molecule has 1 aromatic rings. The Bertz CT molecular complexity index is 529. The fourth-order valence-corrected chi connectivity index (χ4v) is 3.49. The number of aryl methyl sites for hydroxylation is 1. The molecule has 0 aliphatic carbocycles. The number of morpholine rings is 1. The Morgan fingerprint density at radius 2 is 1.83 bits per heavy atom. The Morgan fingerprint density at radius 3 is 2.46 bits per heavy atom. The summed E-state index contributed by atoms with van der Waals surface area (Å²) in [6, 6.07) is 4.21. The Balaban J connectivity index is 1.69. The lowest BCUT2D eigenvalue weighted by atomic mass is 10.1. The van der Waals surface area contributed by atoms with Crippen LogP contribution in [-0.4, -0.2) is 61.7 Å². The molecular weight excluding hydrogens is 304 g/mol. The van der Waals surface area contributed by atoms with Crippen LogP contribution in [0.1, 0.15) is 43.2 Å². The molecule has 6 heteroatoms. The van der Waals surface area contributed by atoms with Crippen LogP contribution in [0.25, 0.3) is 0 Å². The van der Waals surface area contributed by atoms with E-state index < -0.39 is 0 Å². The van der Waals surface area contributed by atoms with Gasteiger partial charge in [-0.25, -0.2) is 0 Å². The number of furan rings is 1. The van der Waals surface area contributed by atoms with Gasteiger partial charge in [0.1, 0.15) is 11.5 Å². The fraction of sp³-hybridized carbons (Fsp3) is 0.722. The van der Waals surface area contributed by atoms with Crippen LogP contribution in [0.15, 0.2) is 21.5 Å². The van der Waals surface area contributed by atoms with E-state index in [1.807, 2.05) is 13.0 Å². The Morgan fingerprint density at radius 1 is 1.12 bits per heavy atom. The Hall–Kier alpha value is -1.53. The number of aliphatic imine (C=N–C) groups is 1. The van der Waals surface area contributed by atoms with Crippen molar-refractivity contribution in [3.05, 3.63) is 23.7 Å². The Labute approximate surface area is 144 Å². The lowest BCUT2D eigenvalue weighted by Crippen LogP contribution is -2.41. The summed E-state index contributed by atoms with van der Waals surface area (Å²) >= 11 is 0. The van der Waals surface area contributed by atoms with E-state index in [4.69, 9.17) is 19.9 Å². The number of guanidine groups is 1. The molecule has 2 aliphatic rings.